The van der Waals surface area contributed by atoms with Crippen molar-refractivity contribution >= 4 is 5.78 Å². The molecule has 0 saturated carbocycles. The number of methoxy groups -OCH3 is 1. The van der Waals surface area contributed by atoms with E-state index in [9.17, 15) is 4.79 Å². The molecule has 0 bridgehead atoms. The number of hydrogen-bond donors (Lipinski definition) is 0. The minimum absolute atomic E-state index is 0. The lowest BCUT2D eigenvalue weighted by Gasteiger charge is -2.36. The van der Waals surface area contributed by atoms with Crippen LogP contribution in [0, 0.1) is 0 Å². The molecule has 1 atom stereocenters. The maximum Gasteiger partial charge on any atom is 0.175 e. The Morgan fingerprint density at radius 2 is 1.56 bits per heavy atom. The molecular weight excluding hydrogens is 449 g/mol. The summed E-state index contributed by atoms with van der Waals surface area (Å²) in [7, 11) is 3.97. The van der Waals surface area contributed by atoms with Gasteiger partial charge in [0, 0.05) is 5.56 Å². The van der Waals surface area contributed by atoms with Gasteiger partial charge in [0.1, 0.15) is 5.75 Å². The molecule has 1 fully saturated rings. The van der Waals surface area contributed by atoms with Crippen LogP contribution in [0.25, 0.3) is 0 Å². The molecular formula is C23H30INO2. The number of ketones is 1. The van der Waals surface area contributed by atoms with Gasteiger partial charge < -0.3 is 33.2 Å². The number of ether oxygens (including phenoxy) is 1. The van der Waals surface area contributed by atoms with Crippen LogP contribution >= 0.6 is 0 Å². The van der Waals surface area contributed by atoms with E-state index in [1.165, 1.54) is 38.8 Å². The number of likely N-dealkylation sites (N-methyl/N-ethyl adjacent to an activating group) is 1. The van der Waals surface area contributed by atoms with E-state index >= 15 is 0 Å². The van der Waals surface area contributed by atoms with E-state index in [0.717, 1.165) is 27.9 Å². The number of carbonyl (C=O) groups excluding carboxylic acids is 1. The molecule has 3 nitrogen and oxygen atoms in total. The van der Waals surface area contributed by atoms with Crippen LogP contribution < -0.4 is 28.7 Å². The van der Waals surface area contributed by atoms with Gasteiger partial charge in [-0.3, -0.25) is 4.79 Å². The average molecular weight is 479 g/mol. The average Bonchev–Trinajstić information content (AvgIpc) is 2.91. The smallest absolute Gasteiger partial charge is 0.175 e. The monoisotopic (exact) mass is 479 g/mol. The Kier molecular flexibility index (Phi) is 8.29. The first-order chi connectivity index (χ1) is 12.6. The van der Waals surface area contributed by atoms with Crippen LogP contribution in [0.5, 0.6) is 5.75 Å². The third kappa shape index (κ3) is 5.79. The minimum Gasteiger partial charge on any atom is -1.00 e. The van der Waals surface area contributed by atoms with Gasteiger partial charge in [0.15, 0.2) is 5.78 Å². The van der Waals surface area contributed by atoms with Crippen molar-refractivity contribution in [3.8, 4) is 5.75 Å². The quantitative estimate of drug-likeness (QED) is 0.358. The number of hydrogen-bond acceptors (Lipinski definition) is 2. The molecule has 2 aromatic carbocycles. The van der Waals surface area contributed by atoms with Gasteiger partial charge >= 0.3 is 0 Å². The highest BCUT2D eigenvalue weighted by Crippen LogP contribution is 2.27. The highest BCUT2D eigenvalue weighted by atomic mass is 127. The zero-order valence-corrected chi connectivity index (χ0v) is 18.5. The Balaban J connectivity index is 0.00000261. The summed E-state index contributed by atoms with van der Waals surface area (Å²) >= 11 is 0. The number of benzene rings is 2. The molecule has 1 heterocycles. The van der Waals surface area contributed by atoms with Crippen molar-refractivity contribution in [1.29, 1.82) is 0 Å². The molecule has 0 aliphatic carbocycles. The Bertz CT molecular complexity index is 707. The predicted octanol–water partition coefficient (Wildman–Crippen LogP) is 1.69. The Labute approximate surface area is 180 Å². The highest BCUT2D eigenvalue weighted by Gasteiger charge is 2.32. The van der Waals surface area contributed by atoms with Crippen LogP contribution in [-0.4, -0.2) is 44.1 Å². The summed E-state index contributed by atoms with van der Waals surface area (Å²) in [4.78, 5) is 13.4. The number of quaternary nitrogens is 1. The summed E-state index contributed by atoms with van der Waals surface area (Å²) in [6, 6.07) is 17.8. The lowest BCUT2D eigenvalue weighted by atomic mass is 9.89. The molecule has 0 radical (unpaired) electrons. The van der Waals surface area contributed by atoms with Crippen LogP contribution in [0.1, 0.15) is 47.5 Å². The zero-order valence-electron chi connectivity index (χ0n) is 16.4. The molecule has 1 aliphatic rings. The molecule has 2 aromatic rings. The van der Waals surface area contributed by atoms with Gasteiger partial charge in [0.2, 0.25) is 0 Å². The van der Waals surface area contributed by atoms with Crippen molar-refractivity contribution in [3.63, 3.8) is 0 Å². The molecule has 0 amide bonds. The van der Waals surface area contributed by atoms with Crippen molar-refractivity contribution in [2.75, 3.05) is 33.8 Å². The molecule has 4 heteroatoms. The van der Waals surface area contributed by atoms with Crippen LogP contribution in [-0.2, 0) is 0 Å². The first kappa shape index (κ1) is 21.9. The summed E-state index contributed by atoms with van der Waals surface area (Å²) < 4.78 is 6.22. The van der Waals surface area contributed by atoms with Gasteiger partial charge in [-0.2, -0.15) is 0 Å². The van der Waals surface area contributed by atoms with E-state index in [0.29, 0.717) is 0 Å². The summed E-state index contributed by atoms with van der Waals surface area (Å²) in [5.41, 5.74) is 1.89. The second-order valence-corrected chi connectivity index (χ2v) is 7.72. The molecule has 27 heavy (non-hydrogen) atoms. The number of nitrogens with zero attached hydrogens (tertiary/aromatic N) is 1. The Hall–Kier alpha value is -1.40. The topological polar surface area (TPSA) is 26.3 Å². The van der Waals surface area contributed by atoms with Crippen LogP contribution in [0.3, 0.4) is 0 Å². The van der Waals surface area contributed by atoms with Crippen LogP contribution in [0.2, 0.25) is 0 Å². The van der Waals surface area contributed by atoms with Crippen LogP contribution in [0.15, 0.2) is 54.6 Å². The lowest BCUT2D eigenvalue weighted by Crippen LogP contribution is -3.00. The molecule has 1 saturated heterocycles. The second-order valence-electron chi connectivity index (χ2n) is 7.72. The fraction of sp³-hybridized carbons (Fsp3) is 0.435. The van der Waals surface area contributed by atoms with E-state index in [2.05, 4.69) is 19.2 Å². The standard InChI is InChI=1S/C23H30NO2.HI/c1-24(16-8-3-4-9-17-24)18-22(19-10-6-5-7-11-19)23(25)20-12-14-21(26-2)15-13-20;/h5-7,10-15,22H,3-4,8-9,16-18H2,1-2H3;1H/q+1;/p-1. The van der Waals surface area contributed by atoms with Gasteiger partial charge in [-0.15, -0.1) is 0 Å². The summed E-state index contributed by atoms with van der Waals surface area (Å²) in [6.45, 7) is 3.20. The van der Waals surface area contributed by atoms with Crippen molar-refractivity contribution < 1.29 is 38.0 Å². The number of carbonyl (C=O) groups is 1. The van der Waals surface area contributed by atoms with Gasteiger partial charge in [0.05, 0.1) is 39.7 Å². The van der Waals surface area contributed by atoms with E-state index in [-0.39, 0.29) is 35.7 Å². The first-order valence-electron chi connectivity index (χ1n) is 9.68. The summed E-state index contributed by atoms with van der Waals surface area (Å²) in [5, 5.41) is 0. The van der Waals surface area contributed by atoms with E-state index < -0.39 is 0 Å². The van der Waals surface area contributed by atoms with Crippen molar-refractivity contribution in [1.82, 2.24) is 0 Å². The lowest BCUT2D eigenvalue weighted by molar-refractivity contribution is -0.909. The van der Waals surface area contributed by atoms with Gasteiger partial charge in [0.25, 0.3) is 0 Å². The fourth-order valence-electron chi connectivity index (χ4n) is 4.06. The Morgan fingerprint density at radius 1 is 0.963 bits per heavy atom. The van der Waals surface area contributed by atoms with Crippen LogP contribution in [0.4, 0.5) is 0 Å². The second kappa shape index (κ2) is 10.2. The molecule has 0 N–H and O–H groups in total. The predicted molar refractivity (Wildman–Crippen MR) is 106 cm³/mol. The van der Waals surface area contributed by atoms with E-state index in [4.69, 9.17) is 4.74 Å². The van der Waals surface area contributed by atoms with Crippen molar-refractivity contribution in [2.24, 2.45) is 0 Å². The number of rotatable bonds is 6. The molecule has 3 rings (SSSR count). The SMILES string of the molecule is COc1ccc(C(=O)C(C[N+]2(C)CCCCCC2)c2ccccc2)cc1.[I-]. The zero-order chi connectivity index (χ0) is 18.4. The third-order valence-electron chi connectivity index (χ3n) is 5.66. The summed E-state index contributed by atoms with van der Waals surface area (Å²) in [6.07, 6.45) is 5.15. The van der Waals surface area contributed by atoms with E-state index in [1.54, 1.807) is 7.11 Å². The van der Waals surface area contributed by atoms with E-state index in [1.807, 2.05) is 42.5 Å². The molecule has 1 aliphatic heterocycles. The molecule has 0 spiro atoms. The normalized spacial score (nSPS) is 17.3. The maximum absolute atomic E-state index is 13.4. The molecule has 146 valence electrons. The molecule has 0 aromatic heterocycles. The third-order valence-corrected chi connectivity index (χ3v) is 5.66. The van der Waals surface area contributed by atoms with Gasteiger partial charge in [-0.05, 0) is 55.5 Å². The van der Waals surface area contributed by atoms with Gasteiger partial charge in [-0.1, -0.05) is 30.3 Å². The fourth-order valence-corrected chi connectivity index (χ4v) is 4.06. The van der Waals surface area contributed by atoms with Crippen molar-refractivity contribution in [2.45, 2.75) is 31.6 Å². The summed E-state index contributed by atoms with van der Waals surface area (Å²) in [5.74, 6) is 0.888. The highest BCUT2D eigenvalue weighted by molar-refractivity contribution is 6.01. The maximum atomic E-state index is 13.4. The first-order valence-corrected chi connectivity index (χ1v) is 9.68. The number of halogens is 1. The minimum atomic E-state index is -0.104. The number of likely N-dealkylation sites (tertiary alicyclic amines) is 1. The number of Topliss-reactive ketones (excluding diaryl/α,β-unsaturated/α-hetero) is 1. The molecule has 1 unspecified atom stereocenters. The van der Waals surface area contributed by atoms with Crippen molar-refractivity contribution in [3.05, 3.63) is 65.7 Å². The Morgan fingerprint density at radius 3 is 2.11 bits per heavy atom. The largest absolute Gasteiger partial charge is 1.00 e. The van der Waals surface area contributed by atoms with Gasteiger partial charge in [-0.25, -0.2) is 0 Å².